The number of fused-ring (bicyclic) bond motifs is 1. The number of carbonyl (C=O) groups excluding carboxylic acids is 1. The molecule has 0 bridgehead atoms. The van der Waals surface area contributed by atoms with E-state index < -0.39 is 0 Å². The topological polar surface area (TPSA) is 70.2 Å². The van der Waals surface area contributed by atoms with Crippen molar-refractivity contribution in [2.24, 2.45) is 5.92 Å². The Labute approximate surface area is 191 Å². The van der Waals surface area contributed by atoms with Gasteiger partial charge in [-0.05, 0) is 68.9 Å². The van der Waals surface area contributed by atoms with E-state index >= 15 is 0 Å². The molecular weight excluding hydrogens is 398 g/mol. The van der Waals surface area contributed by atoms with Gasteiger partial charge in [0.15, 0.2) is 0 Å². The third-order valence-electron chi connectivity index (χ3n) is 6.56. The van der Waals surface area contributed by atoms with Crippen molar-refractivity contribution in [1.82, 2.24) is 15.3 Å². The van der Waals surface area contributed by atoms with Crippen LogP contribution in [0.2, 0.25) is 0 Å². The van der Waals surface area contributed by atoms with Gasteiger partial charge in [0.05, 0.1) is 5.69 Å². The lowest BCUT2D eigenvalue weighted by Gasteiger charge is -2.30. The van der Waals surface area contributed by atoms with Gasteiger partial charge in [-0.3, -0.25) is 4.79 Å². The normalized spacial score (nSPS) is 20.6. The SMILES string of the molecule is CN(C)c1nc(NC2CCC(CNC(=O)C=Cc3ccccc3)CC2)nc2c1CCCC2. The maximum absolute atomic E-state index is 12.1. The molecule has 2 N–H and O–H groups in total. The lowest BCUT2D eigenvalue weighted by molar-refractivity contribution is -0.116. The minimum atomic E-state index is -0.0206. The zero-order valence-corrected chi connectivity index (χ0v) is 19.3. The van der Waals surface area contributed by atoms with Gasteiger partial charge < -0.3 is 15.5 Å². The van der Waals surface area contributed by atoms with Crippen LogP contribution in [-0.2, 0) is 17.6 Å². The molecule has 170 valence electrons. The number of amides is 1. The predicted molar refractivity (Wildman–Crippen MR) is 131 cm³/mol. The van der Waals surface area contributed by atoms with E-state index in [1.54, 1.807) is 6.08 Å². The lowest BCUT2D eigenvalue weighted by atomic mass is 9.86. The summed E-state index contributed by atoms with van der Waals surface area (Å²) in [5.41, 5.74) is 3.58. The summed E-state index contributed by atoms with van der Waals surface area (Å²) in [5, 5.41) is 6.67. The first-order valence-corrected chi connectivity index (χ1v) is 11.9. The van der Waals surface area contributed by atoms with E-state index in [0.717, 1.165) is 62.4 Å². The number of hydrogen-bond acceptors (Lipinski definition) is 5. The molecule has 1 fully saturated rings. The fraction of sp³-hybridized carbons (Fsp3) is 0.500. The molecule has 2 aromatic rings. The van der Waals surface area contributed by atoms with Crippen molar-refractivity contribution >= 4 is 23.7 Å². The van der Waals surface area contributed by atoms with E-state index in [1.165, 1.54) is 24.1 Å². The van der Waals surface area contributed by atoms with Crippen molar-refractivity contribution in [3.63, 3.8) is 0 Å². The number of anilines is 2. The molecular formula is C26H35N5O. The third kappa shape index (κ3) is 5.87. The van der Waals surface area contributed by atoms with E-state index in [0.29, 0.717) is 12.0 Å². The Balaban J connectivity index is 1.25. The maximum Gasteiger partial charge on any atom is 0.244 e. The summed E-state index contributed by atoms with van der Waals surface area (Å²) in [4.78, 5) is 24.0. The molecule has 0 aliphatic heterocycles. The highest BCUT2D eigenvalue weighted by Gasteiger charge is 2.24. The van der Waals surface area contributed by atoms with Gasteiger partial charge in [0.25, 0.3) is 0 Å². The van der Waals surface area contributed by atoms with Crippen LogP contribution in [0.25, 0.3) is 6.08 Å². The van der Waals surface area contributed by atoms with Gasteiger partial charge in [-0.15, -0.1) is 0 Å². The summed E-state index contributed by atoms with van der Waals surface area (Å²) in [6.07, 6.45) is 12.4. The highest BCUT2D eigenvalue weighted by Crippen LogP contribution is 2.30. The summed E-state index contributed by atoms with van der Waals surface area (Å²) < 4.78 is 0. The number of aromatic nitrogens is 2. The Morgan fingerprint density at radius 3 is 2.56 bits per heavy atom. The van der Waals surface area contributed by atoms with Crippen LogP contribution in [0.3, 0.4) is 0 Å². The Morgan fingerprint density at radius 2 is 1.81 bits per heavy atom. The van der Waals surface area contributed by atoms with Crippen molar-refractivity contribution in [3.05, 3.63) is 53.2 Å². The van der Waals surface area contributed by atoms with Crippen LogP contribution in [0.1, 0.15) is 55.3 Å². The first kappa shape index (κ1) is 22.3. The average molecular weight is 434 g/mol. The molecule has 2 aliphatic carbocycles. The van der Waals surface area contributed by atoms with Gasteiger partial charge in [-0.2, -0.15) is 4.98 Å². The van der Waals surface area contributed by atoms with Crippen molar-refractivity contribution in [3.8, 4) is 0 Å². The van der Waals surface area contributed by atoms with Gasteiger partial charge >= 0.3 is 0 Å². The van der Waals surface area contributed by atoms with E-state index in [2.05, 4.69) is 29.6 Å². The van der Waals surface area contributed by atoms with Gasteiger partial charge in [-0.25, -0.2) is 4.98 Å². The molecule has 32 heavy (non-hydrogen) atoms. The molecule has 4 rings (SSSR count). The largest absolute Gasteiger partial charge is 0.362 e. The Hall–Kier alpha value is -2.89. The number of nitrogens with zero attached hydrogens (tertiary/aromatic N) is 3. The molecule has 0 spiro atoms. The van der Waals surface area contributed by atoms with Crippen LogP contribution in [0.15, 0.2) is 36.4 Å². The molecule has 1 amide bonds. The van der Waals surface area contributed by atoms with Crippen LogP contribution in [0.4, 0.5) is 11.8 Å². The summed E-state index contributed by atoms with van der Waals surface area (Å²) in [5.74, 6) is 2.35. The molecule has 6 nitrogen and oxygen atoms in total. The van der Waals surface area contributed by atoms with Crippen LogP contribution >= 0.6 is 0 Å². The molecule has 1 heterocycles. The summed E-state index contributed by atoms with van der Waals surface area (Å²) in [7, 11) is 4.13. The molecule has 0 saturated heterocycles. The van der Waals surface area contributed by atoms with Crippen LogP contribution in [0.5, 0.6) is 0 Å². The monoisotopic (exact) mass is 433 g/mol. The fourth-order valence-corrected chi connectivity index (χ4v) is 4.74. The summed E-state index contributed by atoms with van der Waals surface area (Å²) >= 11 is 0. The standard InChI is InChI=1S/C26H35N5O/c1-31(2)25-22-10-6-7-11-23(22)29-26(30-25)28-21-15-12-20(13-16-21)18-27-24(32)17-14-19-8-4-3-5-9-19/h3-5,8-9,14,17,20-21H,6-7,10-13,15-16,18H2,1-2H3,(H,27,32)(H,28,29,30). The summed E-state index contributed by atoms with van der Waals surface area (Å²) in [6.45, 7) is 0.741. The van der Waals surface area contributed by atoms with Crippen molar-refractivity contribution in [1.29, 1.82) is 0 Å². The Bertz CT molecular complexity index is 933. The van der Waals surface area contributed by atoms with Gasteiger partial charge in [0, 0.05) is 38.3 Å². The van der Waals surface area contributed by atoms with Crippen LogP contribution in [-0.4, -0.2) is 42.6 Å². The molecule has 2 aliphatic rings. The minimum absolute atomic E-state index is 0.0206. The summed E-state index contributed by atoms with van der Waals surface area (Å²) in [6, 6.07) is 10.3. The highest BCUT2D eigenvalue weighted by atomic mass is 16.1. The number of rotatable bonds is 7. The van der Waals surface area contributed by atoms with Crippen molar-refractivity contribution in [2.75, 3.05) is 30.9 Å². The number of aryl methyl sites for hydroxylation is 1. The second-order valence-electron chi connectivity index (χ2n) is 9.25. The number of hydrogen-bond donors (Lipinski definition) is 2. The predicted octanol–water partition coefficient (Wildman–Crippen LogP) is 4.22. The van der Waals surface area contributed by atoms with Gasteiger partial charge in [0.2, 0.25) is 11.9 Å². The van der Waals surface area contributed by atoms with E-state index in [1.807, 2.05) is 36.4 Å². The van der Waals surface area contributed by atoms with E-state index in [9.17, 15) is 4.79 Å². The Kier molecular flexibility index (Phi) is 7.40. The fourth-order valence-electron chi connectivity index (χ4n) is 4.74. The third-order valence-corrected chi connectivity index (χ3v) is 6.56. The van der Waals surface area contributed by atoms with Crippen molar-refractivity contribution in [2.45, 2.75) is 57.4 Å². The van der Waals surface area contributed by atoms with Gasteiger partial charge in [-0.1, -0.05) is 30.3 Å². The molecule has 6 heteroatoms. The highest BCUT2D eigenvalue weighted by molar-refractivity contribution is 5.91. The quantitative estimate of drug-likeness (QED) is 0.640. The lowest BCUT2D eigenvalue weighted by Crippen LogP contribution is -2.33. The first-order valence-electron chi connectivity index (χ1n) is 11.9. The second-order valence-corrected chi connectivity index (χ2v) is 9.25. The number of benzene rings is 1. The van der Waals surface area contributed by atoms with Gasteiger partial charge in [0.1, 0.15) is 5.82 Å². The van der Waals surface area contributed by atoms with E-state index in [-0.39, 0.29) is 5.91 Å². The zero-order valence-electron chi connectivity index (χ0n) is 19.3. The molecule has 0 atom stereocenters. The van der Waals surface area contributed by atoms with Crippen LogP contribution < -0.4 is 15.5 Å². The molecule has 1 saturated carbocycles. The molecule has 0 unspecified atom stereocenters. The maximum atomic E-state index is 12.1. The number of nitrogens with one attached hydrogen (secondary N) is 2. The zero-order chi connectivity index (χ0) is 22.3. The molecule has 0 radical (unpaired) electrons. The van der Waals surface area contributed by atoms with Crippen molar-refractivity contribution < 1.29 is 4.79 Å². The minimum Gasteiger partial charge on any atom is -0.362 e. The molecule has 1 aromatic heterocycles. The first-order chi connectivity index (χ1) is 15.6. The number of carbonyl (C=O) groups is 1. The molecule has 1 aromatic carbocycles. The Morgan fingerprint density at radius 1 is 1.06 bits per heavy atom. The average Bonchev–Trinajstić information content (AvgIpc) is 2.82. The second kappa shape index (κ2) is 10.6. The smallest absolute Gasteiger partial charge is 0.244 e. The van der Waals surface area contributed by atoms with E-state index in [4.69, 9.17) is 9.97 Å². The van der Waals surface area contributed by atoms with Crippen LogP contribution in [0, 0.1) is 5.92 Å².